The summed E-state index contributed by atoms with van der Waals surface area (Å²) in [6.07, 6.45) is 0. The lowest BCUT2D eigenvalue weighted by molar-refractivity contribution is 0.0928. The molecule has 0 atom stereocenters. The SMILES string of the molecule is COCCNC(=O)c1nnn(Cc2ccc(C)cc2)c1OC. The lowest BCUT2D eigenvalue weighted by Crippen LogP contribution is -2.27. The number of rotatable bonds is 7. The number of hydrogen-bond donors (Lipinski definition) is 1. The van der Waals surface area contributed by atoms with Crippen LogP contribution in [0.1, 0.15) is 21.6 Å². The number of carbonyl (C=O) groups is 1. The average molecular weight is 304 g/mol. The van der Waals surface area contributed by atoms with Crippen LogP contribution in [-0.4, -0.2) is 48.3 Å². The van der Waals surface area contributed by atoms with E-state index in [-0.39, 0.29) is 11.6 Å². The summed E-state index contributed by atoms with van der Waals surface area (Å²) in [7, 11) is 3.07. The Hall–Kier alpha value is -2.41. The molecule has 1 aromatic heterocycles. The van der Waals surface area contributed by atoms with Crippen LogP contribution in [0.3, 0.4) is 0 Å². The van der Waals surface area contributed by atoms with Crippen molar-refractivity contribution in [1.29, 1.82) is 0 Å². The standard InChI is InChI=1S/C15H20N4O3/c1-11-4-6-12(7-5-11)10-19-15(22-3)13(17-18-19)14(20)16-8-9-21-2/h4-7H,8-10H2,1-3H3,(H,16,20). The summed E-state index contributed by atoms with van der Waals surface area (Å²) in [6.45, 7) is 3.36. The Morgan fingerprint density at radius 2 is 2.00 bits per heavy atom. The van der Waals surface area contributed by atoms with Crippen LogP contribution in [0, 0.1) is 6.92 Å². The van der Waals surface area contributed by atoms with Gasteiger partial charge in [0.1, 0.15) is 0 Å². The lowest BCUT2D eigenvalue weighted by Gasteiger charge is -2.07. The smallest absolute Gasteiger partial charge is 0.277 e. The largest absolute Gasteiger partial charge is 0.479 e. The number of aryl methyl sites for hydroxylation is 1. The molecule has 0 aliphatic carbocycles. The molecule has 1 heterocycles. The predicted octanol–water partition coefficient (Wildman–Crippen LogP) is 1.02. The number of methoxy groups -OCH3 is 2. The third-order valence-electron chi connectivity index (χ3n) is 3.14. The number of benzene rings is 1. The maximum absolute atomic E-state index is 12.0. The van der Waals surface area contributed by atoms with Gasteiger partial charge in [0, 0.05) is 13.7 Å². The molecule has 0 saturated heterocycles. The third-order valence-corrected chi connectivity index (χ3v) is 3.14. The number of aromatic nitrogens is 3. The van der Waals surface area contributed by atoms with Gasteiger partial charge in [0.2, 0.25) is 11.6 Å². The van der Waals surface area contributed by atoms with Crippen LogP contribution in [0.5, 0.6) is 5.88 Å². The fourth-order valence-corrected chi connectivity index (χ4v) is 1.97. The van der Waals surface area contributed by atoms with Gasteiger partial charge in [0.15, 0.2) is 0 Å². The molecule has 22 heavy (non-hydrogen) atoms. The molecule has 7 heteroatoms. The summed E-state index contributed by atoms with van der Waals surface area (Å²) >= 11 is 0. The normalized spacial score (nSPS) is 10.5. The van der Waals surface area contributed by atoms with E-state index in [1.165, 1.54) is 12.7 Å². The molecular weight excluding hydrogens is 284 g/mol. The van der Waals surface area contributed by atoms with Crippen LogP contribution < -0.4 is 10.1 Å². The summed E-state index contributed by atoms with van der Waals surface area (Å²) in [5, 5.41) is 10.6. The first-order valence-electron chi connectivity index (χ1n) is 6.96. The van der Waals surface area contributed by atoms with E-state index < -0.39 is 0 Å². The molecule has 0 unspecified atom stereocenters. The van der Waals surface area contributed by atoms with Gasteiger partial charge in [-0.05, 0) is 12.5 Å². The van der Waals surface area contributed by atoms with E-state index in [1.54, 1.807) is 11.8 Å². The van der Waals surface area contributed by atoms with E-state index in [1.807, 2.05) is 31.2 Å². The van der Waals surface area contributed by atoms with Gasteiger partial charge in [-0.25, -0.2) is 4.68 Å². The van der Waals surface area contributed by atoms with Crippen molar-refractivity contribution < 1.29 is 14.3 Å². The molecule has 1 amide bonds. The van der Waals surface area contributed by atoms with Gasteiger partial charge in [-0.1, -0.05) is 35.0 Å². The zero-order valence-electron chi connectivity index (χ0n) is 13.0. The highest BCUT2D eigenvalue weighted by molar-refractivity contribution is 5.94. The first-order valence-corrected chi connectivity index (χ1v) is 6.96. The maximum Gasteiger partial charge on any atom is 0.277 e. The van der Waals surface area contributed by atoms with Crippen molar-refractivity contribution in [2.75, 3.05) is 27.4 Å². The minimum absolute atomic E-state index is 0.172. The van der Waals surface area contributed by atoms with E-state index >= 15 is 0 Å². The third kappa shape index (κ3) is 3.82. The van der Waals surface area contributed by atoms with Gasteiger partial charge in [0.05, 0.1) is 20.3 Å². The second-order valence-electron chi connectivity index (χ2n) is 4.84. The first-order chi connectivity index (χ1) is 10.7. The molecule has 0 bridgehead atoms. The van der Waals surface area contributed by atoms with Gasteiger partial charge in [-0.3, -0.25) is 4.79 Å². The van der Waals surface area contributed by atoms with Crippen LogP contribution in [0.2, 0.25) is 0 Å². The Balaban J connectivity index is 2.13. The second kappa shape index (κ2) is 7.56. The summed E-state index contributed by atoms with van der Waals surface area (Å²) in [6, 6.07) is 8.07. The highest BCUT2D eigenvalue weighted by Gasteiger charge is 2.20. The fraction of sp³-hybridized carbons (Fsp3) is 0.400. The number of nitrogens with zero attached hydrogens (tertiary/aromatic N) is 3. The van der Waals surface area contributed by atoms with E-state index in [2.05, 4.69) is 15.6 Å². The highest BCUT2D eigenvalue weighted by atomic mass is 16.5. The van der Waals surface area contributed by atoms with Gasteiger partial charge < -0.3 is 14.8 Å². The first kappa shape index (κ1) is 16.0. The van der Waals surface area contributed by atoms with Gasteiger partial charge in [0.25, 0.3) is 5.91 Å². The van der Waals surface area contributed by atoms with Crippen molar-refractivity contribution in [3.8, 4) is 5.88 Å². The maximum atomic E-state index is 12.0. The summed E-state index contributed by atoms with van der Waals surface area (Å²) in [5.41, 5.74) is 2.42. The molecule has 0 aliphatic heterocycles. The van der Waals surface area contributed by atoms with Crippen molar-refractivity contribution in [3.63, 3.8) is 0 Å². The van der Waals surface area contributed by atoms with Crippen molar-refractivity contribution >= 4 is 5.91 Å². The molecule has 7 nitrogen and oxygen atoms in total. The second-order valence-corrected chi connectivity index (χ2v) is 4.84. The van der Waals surface area contributed by atoms with E-state index in [0.29, 0.717) is 25.6 Å². The molecule has 1 N–H and O–H groups in total. The molecule has 0 radical (unpaired) electrons. The Morgan fingerprint density at radius 1 is 1.27 bits per heavy atom. The Kier molecular flexibility index (Phi) is 5.48. The van der Waals surface area contributed by atoms with Gasteiger partial charge >= 0.3 is 0 Å². The zero-order chi connectivity index (χ0) is 15.9. The molecule has 0 spiro atoms. The molecular formula is C15H20N4O3. The van der Waals surface area contributed by atoms with Crippen molar-refractivity contribution in [2.24, 2.45) is 0 Å². The zero-order valence-corrected chi connectivity index (χ0v) is 13.0. The molecule has 2 rings (SSSR count). The van der Waals surface area contributed by atoms with E-state index in [9.17, 15) is 4.79 Å². The van der Waals surface area contributed by atoms with Crippen LogP contribution in [0.15, 0.2) is 24.3 Å². The molecule has 0 aliphatic rings. The molecule has 0 fully saturated rings. The number of ether oxygens (including phenoxy) is 2. The monoisotopic (exact) mass is 304 g/mol. The van der Waals surface area contributed by atoms with Crippen molar-refractivity contribution in [1.82, 2.24) is 20.3 Å². The Labute approximate surface area is 129 Å². The van der Waals surface area contributed by atoms with Crippen LogP contribution >= 0.6 is 0 Å². The Bertz CT molecular complexity index is 622. The summed E-state index contributed by atoms with van der Waals surface area (Å²) < 4.78 is 11.7. The van der Waals surface area contributed by atoms with Gasteiger partial charge in [-0.2, -0.15) is 0 Å². The van der Waals surface area contributed by atoms with Crippen molar-refractivity contribution in [2.45, 2.75) is 13.5 Å². The van der Waals surface area contributed by atoms with Crippen LogP contribution in [-0.2, 0) is 11.3 Å². The van der Waals surface area contributed by atoms with E-state index in [0.717, 1.165) is 5.56 Å². The minimum atomic E-state index is -0.330. The van der Waals surface area contributed by atoms with Crippen molar-refractivity contribution in [3.05, 3.63) is 41.1 Å². The number of amides is 1. The number of nitrogens with one attached hydrogen (secondary N) is 1. The fourth-order valence-electron chi connectivity index (χ4n) is 1.97. The topological polar surface area (TPSA) is 78.3 Å². The van der Waals surface area contributed by atoms with Gasteiger partial charge in [-0.15, -0.1) is 5.10 Å². The quantitative estimate of drug-likeness (QED) is 0.773. The summed E-state index contributed by atoms with van der Waals surface area (Å²) in [5.74, 6) is 0.0135. The molecule has 2 aromatic rings. The lowest BCUT2D eigenvalue weighted by atomic mass is 10.1. The molecule has 1 aromatic carbocycles. The number of carbonyl (C=O) groups excluding carboxylic acids is 1. The van der Waals surface area contributed by atoms with Crippen LogP contribution in [0.25, 0.3) is 0 Å². The Morgan fingerprint density at radius 3 is 2.64 bits per heavy atom. The number of hydrogen-bond acceptors (Lipinski definition) is 5. The van der Waals surface area contributed by atoms with Crippen LogP contribution in [0.4, 0.5) is 0 Å². The molecule has 118 valence electrons. The minimum Gasteiger partial charge on any atom is -0.479 e. The summed E-state index contributed by atoms with van der Waals surface area (Å²) in [4.78, 5) is 12.0. The van der Waals surface area contributed by atoms with E-state index in [4.69, 9.17) is 9.47 Å². The predicted molar refractivity (Wildman–Crippen MR) is 81.1 cm³/mol. The molecule has 0 saturated carbocycles. The highest BCUT2D eigenvalue weighted by Crippen LogP contribution is 2.17. The average Bonchev–Trinajstić information content (AvgIpc) is 2.92.